The Labute approximate surface area is 196 Å². The molecule has 1 atom stereocenters. The molecule has 1 aliphatic heterocycles. The molecule has 0 aromatic heterocycles. The van der Waals surface area contributed by atoms with Gasteiger partial charge in [-0.05, 0) is 93.1 Å². The van der Waals surface area contributed by atoms with Crippen molar-refractivity contribution in [2.45, 2.75) is 51.6 Å². The third-order valence-corrected chi connectivity index (χ3v) is 6.78. The van der Waals surface area contributed by atoms with Crippen LogP contribution in [0.2, 0.25) is 5.02 Å². The van der Waals surface area contributed by atoms with Crippen molar-refractivity contribution in [3.8, 4) is 5.75 Å². The Hall–Kier alpha value is -2.78. The van der Waals surface area contributed by atoms with Crippen LogP contribution >= 0.6 is 11.6 Å². The van der Waals surface area contributed by atoms with E-state index in [-0.39, 0.29) is 5.60 Å². The zero-order valence-corrected chi connectivity index (χ0v) is 20.2. The maximum Gasteiger partial charge on any atom is 0.134 e. The zero-order valence-electron chi connectivity index (χ0n) is 19.4. The fourth-order valence-electron chi connectivity index (χ4n) is 4.47. The molecule has 166 valence electrons. The highest BCUT2D eigenvalue weighted by atomic mass is 35.5. The summed E-state index contributed by atoms with van der Waals surface area (Å²) in [4.78, 5) is 14.8. The zero-order chi connectivity index (χ0) is 23.1. The lowest BCUT2D eigenvalue weighted by molar-refractivity contribution is -0.110. The van der Waals surface area contributed by atoms with Gasteiger partial charge >= 0.3 is 0 Å². The van der Waals surface area contributed by atoms with E-state index in [0.29, 0.717) is 5.02 Å². The summed E-state index contributed by atoms with van der Waals surface area (Å²) in [5.74, 6) is 0.909. The molecule has 4 heteroatoms. The molecule has 0 saturated heterocycles. The number of carbonyl (C=O) groups is 1. The van der Waals surface area contributed by atoms with Crippen molar-refractivity contribution in [1.29, 1.82) is 0 Å². The van der Waals surface area contributed by atoms with Crippen LogP contribution in [0.25, 0.3) is 0 Å². The Morgan fingerprint density at radius 1 is 1.09 bits per heavy atom. The van der Waals surface area contributed by atoms with E-state index < -0.39 is 5.41 Å². The van der Waals surface area contributed by atoms with Crippen molar-refractivity contribution in [3.05, 3.63) is 87.9 Å². The van der Waals surface area contributed by atoms with E-state index in [4.69, 9.17) is 16.3 Å². The van der Waals surface area contributed by atoms with Crippen molar-refractivity contribution in [1.82, 2.24) is 0 Å². The minimum atomic E-state index is -0.833. The largest absolute Gasteiger partial charge is 0.488 e. The number of benzene rings is 3. The van der Waals surface area contributed by atoms with Gasteiger partial charge in [-0.3, -0.25) is 0 Å². The Kier molecular flexibility index (Phi) is 5.81. The lowest BCUT2D eigenvalue weighted by Crippen LogP contribution is -2.33. The van der Waals surface area contributed by atoms with Gasteiger partial charge in [-0.1, -0.05) is 41.9 Å². The summed E-state index contributed by atoms with van der Waals surface area (Å²) in [7, 11) is 2.01. The average Bonchev–Trinajstić information content (AvgIpc) is 2.77. The van der Waals surface area contributed by atoms with E-state index in [1.165, 1.54) is 5.56 Å². The summed E-state index contributed by atoms with van der Waals surface area (Å²) >= 11 is 6.41. The maximum absolute atomic E-state index is 12.7. The summed E-state index contributed by atoms with van der Waals surface area (Å²) in [5.41, 5.74) is 5.15. The number of ether oxygens (including phenoxy) is 1. The first-order valence-corrected chi connectivity index (χ1v) is 11.4. The highest BCUT2D eigenvalue weighted by molar-refractivity contribution is 6.31. The highest BCUT2D eigenvalue weighted by Crippen LogP contribution is 2.42. The van der Waals surface area contributed by atoms with Crippen molar-refractivity contribution in [2.24, 2.45) is 0 Å². The smallest absolute Gasteiger partial charge is 0.134 e. The number of hydrogen-bond donors (Lipinski definition) is 0. The van der Waals surface area contributed by atoms with Gasteiger partial charge in [0.05, 0.1) is 5.41 Å². The van der Waals surface area contributed by atoms with Gasteiger partial charge in [0.25, 0.3) is 0 Å². The molecule has 0 bridgehead atoms. The third-order valence-electron chi connectivity index (χ3n) is 6.55. The molecule has 0 aliphatic carbocycles. The predicted molar refractivity (Wildman–Crippen MR) is 133 cm³/mol. The molecule has 1 aliphatic rings. The minimum Gasteiger partial charge on any atom is -0.488 e. The van der Waals surface area contributed by atoms with E-state index in [9.17, 15) is 4.79 Å². The topological polar surface area (TPSA) is 29.5 Å². The quantitative estimate of drug-likeness (QED) is 0.393. The van der Waals surface area contributed by atoms with Gasteiger partial charge in [0, 0.05) is 23.4 Å². The molecule has 0 radical (unpaired) electrons. The summed E-state index contributed by atoms with van der Waals surface area (Å²) in [6.45, 7) is 8.27. The lowest BCUT2D eigenvalue weighted by Gasteiger charge is -2.35. The number of aldehydes is 1. The summed E-state index contributed by atoms with van der Waals surface area (Å²) in [6.07, 6.45) is 2.92. The van der Waals surface area contributed by atoms with E-state index in [0.717, 1.165) is 52.9 Å². The SMILES string of the molecule is Cc1cccc(N(C)c2cc(Cl)ccc2C(C)(C=O)c2ccc3c(c2)CCC(C)(C)O3)c1. The van der Waals surface area contributed by atoms with E-state index in [1.54, 1.807) is 0 Å². The first kappa shape index (κ1) is 22.4. The second-order valence-electron chi connectivity index (χ2n) is 9.56. The Morgan fingerprint density at radius 2 is 1.88 bits per heavy atom. The van der Waals surface area contributed by atoms with Gasteiger partial charge in [0.15, 0.2) is 0 Å². The number of nitrogens with zero attached hydrogens (tertiary/aromatic N) is 1. The highest BCUT2D eigenvalue weighted by Gasteiger charge is 2.34. The molecule has 1 unspecified atom stereocenters. The number of rotatable bonds is 5. The molecule has 0 N–H and O–H groups in total. The molecule has 3 nitrogen and oxygen atoms in total. The van der Waals surface area contributed by atoms with Gasteiger partial charge in [0.2, 0.25) is 0 Å². The number of fused-ring (bicyclic) bond motifs is 1. The van der Waals surface area contributed by atoms with Crippen LogP contribution in [-0.2, 0) is 16.6 Å². The normalized spacial score (nSPS) is 16.4. The lowest BCUT2D eigenvalue weighted by atomic mass is 9.75. The Bertz CT molecular complexity index is 1170. The number of halogens is 1. The van der Waals surface area contributed by atoms with Crippen LogP contribution in [0.15, 0.2) is 60.7 Å². The monoisotopic (exact) mass is 447 g/mol. The molecule has 0 fully saturated rings. The molecule has 3 aromatic carbocycles. The van der Waals surface area contributed by atoms with E-state index in [1.807, 2.05) is 50.4 Å². The van der Waals surface area contributed by atoms with Crippen LogP contribution in [0.3, 0.4) is 0 Å². The summed E-state index contributed by atoms with van der Waals surface area (Å²) < 4.78 is 6.16. The van der Waals surface area contributed by atoms with Crippen molar-refractivity contribution in [2.75, 3.05) is 11.9 Å². The van der Waals surface area contributed by atoms with E-state index >= 15 is 0 Å². The molecular weight excluding hydrogens is 418 g/mol. The van der Waals surface area contributed by atoms with Crippen LogP contribution < -0.4 is 9.64 Å². The third kappa shape index (κ3) is 4.14. The molecule has 0 spiro atoms. The fourth-order valence-corrected chi connectivity index (χ4v) is 4.63. The standard InChI is InChI=1S/C28H30ClNO2/c1-19-7-6-8-23(15-19)30(5)25-17-22(29)10-11-24(25)28(4,18-31)21-9-12-26-20(16-21)13-14-27(2,3)32-26/h6-12,15-18H,13-14H2,1-5H3. The molecule has 4 rings (SSSR count). The maximum atomic E-state index is 12.7. The number of hydrogen-bond acceptors (Lipinski definition) is 3. The van der Waals surface area contributed by atoms with Crippen LogP contribution in [0.1, 0.15) is 49.4 Å². The molecular formula is C28H30ClNO2. The molecule has 0 saturated carbocycles. The summed E-state index contributed by atoms with van der Waals surface area (Å²) in [5, 5.41) is 0.637. The van der Waals surface area contributed by atoms with Gasteiger partial charge in [-0.25, -0.2) is 0 Å². The van der Waals surface area contributed by atoms with Crippen LogP contribution in [0, 0.1) is 6.92 Å². The van der Waals surface area contributed by atoms with Gasteiger partial charge in [0.1, 0.15) is 17.6 Å². The van der Waals surface area contributed by atoms with E-state index in [2.05, 4.69) is 49.9 Å². The van der Waals surface area contributed by atoms with Crippen LogP contribution in [0.5, 0.6) is 5.75 Å². The first-order chi connectivity index (χ1) is 15.1. The Balaban J connectivity index is 1.82. The van der Waals surface area contributed by atoms with Crippen LogP contribution in [-0.4, -0.2) is 18.9 Å². The minimum absolute atomic E-state index is 0.164. The molecule has 1 heterocycles. The van der Waals surface area contributed by atoms with Crippen molar-refractivity contribution >= 4 is 29.3 Å². The van der Waals surface area contributed by atoms with Gasteiger partial charge < -0.3 is 14.4 Å². The number of aryl methyl sites for hydroxylation is 2. The summed E-state index contributed by atoms with van der Waals surface area (Å²) in [6, 6.07) is 20.2. The van der Waals surface area contributed by atoms with Crippen molar-refractivity contribution < 1.29 is 9.53 Å². The molecule has 3 aromatic rings. The number of carbonyl (C=O) groups excluding carboxylic acids is 1. The van der Waals surface area contributed by atoms with Crippen LogP contribution in [0.4, 0.5) is 11.4 Å². The number of anilines is 2. The predicted octanol–water partition coefficient (Wildman–Crippen LogP) is 7.02. The fraction of sp³-hybridized carbons (Fsp3) is 0.321. The Morgan fingerprint density at radius 3 is 2.59 bits per heavy atom. The van der Waals surface area contributed by atoms with Gasteiger partial charge in [-0.15, -0.1) is 0 Å². The second-order valence-corrected chi connectivity index (χ2v) is 10.0. The van der Waals surface area contributed by atoms with Crippen molar-refractivity contribution in [3.63, 3.8) is 0 Å². The molecule has 32 heavy (non-hydrogen) atoms. The van der Waals surface area contributed by atoms with Gasteiger partial charge in [-0.2, -0.15) is 0 Å². The average molecular weight is 448 g/mol. The molecule has 0 amide bonds. The second kappa shape index (κ2) is 8.29. The first-order valence-electron chi connectivity index (χ1n) is 11.0.